The largest absolute Gasteiger partial charge is 0.506 e. The topological polar surface area (TPSA) is 53.4 Å². The van der Waals surface area contributed by atoms with Crippen LogP contribution in [0.3, 0.4) is 0 Å². The minimum Gasteiger partial charge on any atom is -0.506 e. The number of anilines is 1. The van der Waals surface area contributed by atoms with Crippen molar-refractivity contribution >= 4 is 34.3 Å². The molecule has 0 saturated carbocycles. The Bertz CT molecular complexity index is 598. The smallest absolute Gasteiger partial charge is 0.238 e. The Kier molecular flexibility index (Phi) is 2.90. The molecule has 0 aliphatic rings. The molecule has 0 saturated heterocycles. The summed E-state index contributed by atoms with van der Waals surface area (Å²) in [6, 6.07) is 6.81. The molecule has 0 radical (unpaired) electrons. The lowest BCUT2D eigenvalue weighted by Gasteiger charge is -2.14. The molecule has 0 aliphatic carbocycles. The number of carbonyl (C=O) groups is 1. The van der Waals surface area contributed by atoms with Gasteiger partial charge in [0.1, 0.15) is 11.3 Å². The average Bonchev–Trinajstić information content (AvgIpc) is 2.28. The number of benzene rings is 1. The van der Waals surface area contributed by atoms with E-state index in [0.29, 0.717) is 16.9 Å². The van der Waals surface area contributed by atoms with Crippen LogP contribution in [0.4, 0.5) is 5.69 Å². The average molecular weight is 251 g/mol. The predicted molar refractivity (Wildman–Crippen MR) is 67.2 cm³/mol. The van der Waals surface area contributed by atoms with E-state index >= 15 is 0 Å². The van der Waals surface area contributed by atoms with Crippen LogP contribution in [0.5, 0.6) is 5.75 Å². The summed E-state index contributed by atoms with van der Waals surface area (Å²) in [7, 11) is 0. The van der Waals surface area contributed by atoms with Crippen molar-refractivity contribution in [2.24, 2.45) is 0 Å². The number of halogens is 1. The van der Waals surface area contributed by atoms with E-state index in [9.17, 15) is 9.90 Å². The number of aromatic nitrogens is 1. The second-order valence-corrected chi connectivity index (χ2v) is 4.08. The van der Waals surface area contributed by atoms with Gasteiger partial charge in [0.15, 0.2) is 0 Å². The summed E-state index contributed by atoms with van der Waals surface area (Å²) in [5.74, 6) is -0.169. The van der Waals surface area contributed by atoms with Crippen molar-refractivity contribution in [1.82, 2.24) is 4.98 Å². The number of hydrogen-bond acceptors (Lipinski definition) is 3. The van der Waals surface area contributed by atoms with Crippen LogP contribution in [-0.4, -0.2) is 16.0 Å². The maximum atomic E-state index is 11.2. The first-order valence-corrected chi connectivity index (χ1v) is 5.40. The van der Waals surface area contributed by atoms with Gasteiger partial charge in [-0.2, -0.15) is 0 Å². The third-order valence-corrected chi connectivity index (χ3v) is 2.90. The van der Waals surface area contributed by atoms with E-state index in [2.05, 4.69) is 4.98 Å². The number of phenolic OH excluding ortho intramolecular Hbond substituents is 1. The summed E-state index contributed by atoms with van der Waals surface area (Å²) < 4.78 is 1.02. The molecule has 0 aliphatic heterocycles. The highest BCUT2D eigenvalue weighted by atomic mass is 35.5. The Labute approximate surface area is 104 Å². The number of phenols is 1. The van der Waals surface area contributed by atoms with E-state index in [1.165, 1.54) is 6.92 Å². The molecule has 2 aromatic rings. The van der Waals surface area contributed by atoms with Crippen molar-refractivity contribution in [1.29, 1.82) is 0 Å². The highest BCUT2D eigenvalue weighted by Crippen LogP contribution is 2.29. The second kappa shape index (κ2) is 4.22. The highest BCUT2D eigenvalue weighted by Gasteiger charge is 2.14. The van der Waals surface area contributed by atoms with Crippen LogP contribution in [0.2, 0.25) is 0 Å². The van der Waals surface area contributed by atoms with Crippen molar-refractivity contribution in [2.75, 3.05) is 4.42 Å². The number of amides is 1. The van der Waals surface area contributed by atoms with Gasteiger partial charge in [0.25, 0.3) is 0 Å². The van der Waals surface area contributed by atoms with Crippen molar-refractivity contribution in [3.63, 3.8) is 0 Å². The molecule has 0 unspecified atom stereocenters. The first kappa shape index (κ1) is 11.7. The molecule has 0 bridgehead atoms. The molecule has 17 heavy (non-hydrogen) atoms. The van der Waals surface area contributed by atoms with E-state index in [1.807, 2.05) is 0 Å². The molecule has 4 nitrogen and oxygen atoms in total. The molecular weight excluding hydrogens is 240 g/mol. The van der Waals surface area contributed by atoms with Crippen molar-refractivity contribution in [3.8, 4) is 5.75 Å². The fourth-order valence-electron chi connectivity index (χ4n) is 1.63. The maximum absolute atomic E-state index is 11.2. The lowest BCUT2D eigenvalue weighted by atomic mass is 10.1. The van der Waals surface area contributed by atoms with E-state index in [1.54, 1.807) is 31.2 Å². The SMILES string of the molecule is CC(=O)N(Cl)c1cc2cccc(O)c2nc1C. The molecular formula is C12H11ClN2O2. The fourth-order valence-corrected chi connectivity index (χ4v) is 1.80. The third-order valence-electron chi connectivity index (χ3n) is 2.48. The molecule has 1 aromatic carbocycles. The first-order chi connectivity index (χ1) is 8.00. The van der Waals surface area contributed by atoms with Gasteiger partial charge in [0.05, 0.1) is 11.4 Å². The molecule has 1 amide bonds. The van der Waals surface area contributed by atoms with Crippen molar-refractivity contribution in [3.05, 3.63) is 30.0 Å². The van der Waals surface area contributed by atoms with Gasteiger partial charge in [-0.3, -0.25) is 4.79 Å². The monoisotopic (exact) mass is 250 g/mol. The van der Waals surface area contributed by atoms with Crippen molar-refractivity contribution < 1.29 is 9.90 Å². The van der Waals surface area contributed by atoms with Gasteiger partial charge in [0, 0.05) is 24.1 Å². The van der Waals surface area contributed by atoms with Crippen LogP contribution < -0.4 is 4.42 Å². The summed E-state index contributed by atoms with van der Waals surface area (Å²) in [4.78, 5) is 15.5. The molecule has 1 heterocycles. The van der Waals surface area contributed by atoms with Gasteiger partial charge in [-0.25, -0.2) is 9.40 Å². The Morgan fingerprint density at radius 1 is 1.47 bits per heavy atom. The molecule has 1 aromatic heterocycles. The van der Waals surface area contributed by atoms with Crippen LogP contribution >= 0.6 is 11.8 Å². The lowest BCUT2D eigenvalue weighted by molar-refractivity contribution is -0.115. The van der Waals surface area contributed by atoms with E-state index in [0.717, 1.165) is 9.81 Å². The third kappa shape index (κ3) is 2.03. The minimum atomic E-state index is -0.281. The van der Waals surface area contributed by atoms with Crippen LogP contribution in [0, 0.1) is 6.92 Å². The number of nitrogens with zero attached hydrogens (tertiary/aromatic N) is 2. The quantitative estimate of drug-likeness (QED) is 0.792. The van der Waals surface area contributed by atoms with Crippen LogP contribution in [-0.2, 0) is 4.79 Å². The zero-order valence-electron chi connectivity index (χ0n) is 9.44. The van der Waals surface area contributed by atoms with Crippen molar-refractivity contribution in [2.45, 2.75) is 13.8 Å². The van der Waals surface area contributed by atoms with Crippen LogP contribution in [0.15, 0.2) is 24.3 Å². The molecule has 0 spiro atoms. The number of aryl methyl sites for hydroxylation is 1. The zero-order chi connectivity index (χ0) is 12.6. The lowest BCUT2D eigenvalue weighted by Crippen LogP contribution is -2.17. The van der Waals surface area contributed by atoms with Gasteiger partial charge in [-0.1, -0.05) is 12.1 Å². The number of para-hydroxylation sites is 1. The molecule has 0 fully saturated rings. The Morgan fingerprint density at radius 2 is 2.18 bits per heavy atom. The normalized spacial score (nSPS) is 10.5. The first-order valence-electron chi connectivity index (χ1n) is 5.06. The summed E-state index contributed by atoms with van der Waals surface area (Å²) in [5.41, 5.74) is 1.61. The van der Waals surface area contributed by atoms with E-state index in [-0.39, 0.29) is 11.7 Å². The van der Waals surface area contributed by atoms with Crippen LogP contribution in [0.1, 0.15) is 12.6 Å². The minimum absolute atomic E-state index is 0.112. The van der Waals surface area contributed by atoms with Gasteiger partial charge in [0.2, 0.25) is 5.91 Å². The highest BCUT2D eigenvalue weighted by molar-refractivity contribution is 6.36. The fraction of sp³-hybridized carbons (Fsp3) is 0.167. The van der Waals surface area contributed by atoms with E-state index < -0.39 is 0 Å². The molecule has 88 valence electrons. The Balaban J connectivity index is 2.68. The number of hydrogen-bond donors (Lipinski definition) is 1. The second-order valence-electron chi connectivity index (χ2n) is 3.74. The van der Waals surface area contributed by atoms with Gasteiger partial charge in [-0.05, 0) is 19.1 Å². The molecule has 2 rings (SSSR count). The Morgan fingerprint density at radius 3 is 2.82 bits per heavy atom. The molecule has 5 heteroatoms. The zero-order valence-corrected chi connectivity index (χ0v) is 10.2. The summed E-state index contributed by atoms with van der Waals surface area (Å²) >= 11 is 5.87. The number of pyridine rings is 1. The summed E-state index contributed by atoms with van der Waals surface area (Å²) in [6.45, 7) is 3.11. The summed E-state index contributed by atoms with van der Waals surface area (Å²) in [5, 5.41) is 10.4. The van der Waals surface area contributed by atoms with Gasteiger partial charge in [-0.15, -0.1) is 0 Å². The number of carbonyl (C=O) groups excluding carboxylic acids is 1. The van der Waals surface area contributed by atoms with E-state index in [4.69, 9.17) is 11.8 Å². The maximum Gasteiger partial charge on any atom is 0.238 e. The van der Waals surface area contributed by atoms with Crippen LogP contribution in [0.25, 0.3) is 10.9 Å². The number of fused-ring (bicyclic) bond motifs is 1. The van der Waals surface area contributed by atoms with Gasteiger partial charge < -0.3 is 5.11 Å². The molecule has 1 N–H and O–H groups in total. The standard InChI is InChI=1S/C12H11ClN2O2/c1-7-10(15(13)8(2)16)6-9-4-3-5-11(17)12(9)14-7/h3-6,17H,1-2H3. The number of aromatic hydroxyl groups is 1. The number of rotatable bonds is 1. The molecule has 0 atom stereocenters. The summed E-state index contributed by atoms with van der Waals surface area (Å²) in [6.07, 6.45) is 0. The predicted octanol–water partition coefficient (Wildman–Crippen LogP) is 2.76. The Hall–Kier alpha value is -1.81. The van der Waals surface area contributed by atoms with Gasteiger partial charge >= 0.3 is 0 Å².